The zero-order valence-corrected chi connectivity index (χ0v) is 7.63. The van der Waals surface area contributed by atoms with E-state index in [1.807, 2.05) is 0 Å². The lowest BCUT2D eigenvalue weighted by molar-refractivity contribution is 0.0696. The van der Waals surface area contributed by atoms with Crippen molar-refractivity contribution in [3.8, 4) is 0 Å². The van der Waals surface area contributed by atoms with Crippen molar-refractivity contribution in [3.05, 3.63) is 28.2 Å². The van der Waals surface area contributed by atoms with Gasteiger partial charge in [0.1, 0.15) is 0 Å². The largest absolute Gasteiger partial charge is 0.478 e. The average Bonchev–Trinajstić information content (AvgIpc) is 2.03. The Balaban J connectivity index is 3.12. The summed E-state index contributed by atoms with van der Waals surface area (Å²) in [5.74, 6) is 4.16. The number of nitrogens with one attached hydrogen (secondary N) is 1. The number of carboxylic acid groups (broad SMARTS) is 1. The van der Waals surface area contributed by atoms with Crippen LogP contribution in [0.25, 0.3) is 0 Å². The summed E-state index contributed by atoms with van der Waals surface area (Å²) in [7, 11) is 0. The van der Waals surface area contributed by atoms with Gasteiger partial charge in [0.25, 0.3) is 0 Å². The van der Waals surface area contributed by atoms with Crippen molar-refractivity contribution in [3.63, 3.8) is 0 Å². The highest BCUT2D eigenvalue weighted by atomic mass is 79.9. The first-order chi connectivity index (χ1) is 5.65. The number of carbonyl (C=O) groups is 1. The van der Waals surface area contributed by atoms with Crippen LogP contribution in [-0.2, 0) is 0 Å². The van der Waals surface area contributed by atoms with E-state index >= 15 is 0 Å². The second-order valence-electron chi connectivity index (χ2n) is 2.14. The van der Waals surface area contributed by atoms with Crippen molar-refractivity contribution in [1.29, 1.82) is 0 Å². The minimum absolute atomic E-state index is 0.217. The lowest BCUT2D eigenvalue weighted by atomic mass is 10.2. The summed E-state index contributed by atoms with van der Waals surface area (Å²) in [5, 5.41) is 8.65. The molecule has 0 bridgehead atoms. The van der Waals surface area contributed by atoms with Crippen LogP contribution < -0.4 is 11.3 Å². The summed E-state index contributed by atoms with van der Waals surface area (Å²) in [4.78, 5) is 10.5. The smallest absolute Gasteiger partial charge is 0.336 e. The predicted octanol–water partition coefficient (Wildman–Crippen LogP) is 1.43. The second-order valence-corrected chi connectivity index (χ2v) is 3.00. The molecule has 0 fully saturated rings. The van der Waals surface area contributed by atoms with Crippen molar-refractivity contribution in [2.45, 2.75) is 0 Å². The molecule has 1 aromatic carbocycles. The van der Waals surface area contributed by atoms with E-state index in [1.54, 1.807) is 12.1 Å². The Morgan fingerprint density at radius 1 is 1.58 bits per heavy atom. The lowest BCUT2D eigenvalue weighted by Gasteiger charge is -2.02. The van der Waals surface area contributed by atoms with Crippen LogP contribution >= 0.6 is 15.9 Å². The van der Waals surface area contributed by atoms with Crippen molar-refractivity contribution in [2.24, 2.45) is 5.84 Å². The Morgan fingerprint density at radius 3 is 2.67 bits per heavy atom. The lowest BCUT2D eigenvalue weighted by Crippen LogP contribution is -2.07. The maximum Gasteiger partial charge on any atom is 0.336 e. The molecule has 0 aliphatic heterocycles. The van der Waals surface area contributed by atoms with Gasteiger partial charge in [-0.3, -0.25) is 5.84 Å². The summed E-state index contributed by atoms with van der Waals surface area (Å²) in [5.41, 5.74) is 3.29. The quantitative estimate of drug-likeness (QED) is 0.531. The number of nitrogens with two attached hydrogens (primary N) is 1. The van der Waals surface area contributed by atoms with Crippen molar-refractivity contribution in [1.82, 2.24) is 0 Å². The van der Waals surface area contributed by atoms with Crippen LogP contribution in [0, 0.1) is 0 Å². The molecule has 0 heterocycles. The molecule has 0 saturated heterocycles. The van der Waals surface area contributed by atoms with Gasteiger partial charge in [0.05, 0.1) is 5.56 Å². The summed E-state index contributed by atoms with van der Waals surface area (Å²) in [6.07, 6.45) is 0. The molecule has 4 nitrogen and oxygen atoms in total. The third-order valence-corrected chi connectivity index (χ3v) is 2.02. The van der Waals surface area contributed by atoms with Crippen molar-refractivity contribution < 1.29 is 9.90 Å². The SMILES string of the molecule is NNc1ccc(C(=O)O)c(Br)c1. The van der Waals surface area contributed by atoms with Crippen LogP contribution in [0.1, 0.15) is 10.4 Å². The van der Waals surface area contributed by atoms with E-state index in [2.05, 4.69) is 21.4 Å². The van der Waals surface area contributed by atoms with E-state index < -0.39 is 5.97 Å². The summed E-state index contributed by atoms with van der Waals surface area (Å²) in [6, 6.07) is 4.67. The van der Waals surface area contributed by atoms with Gasteiger partial charge < -0.3 is 10.5 Å². The molecule has 0 aliphatic carbocycles. The number of hydrogen-bond donors (Lipinski definition) is 3. The maximum atomic E-state index is 10.5. The predicted molar refractivity (Wildman–Crippen MR) is 48.9 cm³/mol. The molecular weight excluding hydrogens is 224 g/mol. The molecule has 0 spiro atoms. The van der Waals surface area contributed by atoms with Gasteiger partial charge in [0.2, 0.25) is 0 Å². The van der Waals surface area contributed by atoms with Crippen LogP contribution in [0.5, 0.6) is 0 Å². The first-order valence-electron chi connectivity index (χ1n) is 3.14. The highest BCUT2D eigenvalue weighted by Crippen LogP contribution is 2.20. The molecule has 0 aromatic heterocycles. The third kappa shape index (κ3) is 1.75. The minimum Gasteiger partial charge on any atom is -0.478 e. The van der Waals surface area contributed by atoms with E-state index in [1.165, 1.54) is 6.07 Å². The van der Waals surface area contributed by atoms with Gasteiger partial charge in [-0.2, -0.15) is 0 Å². The highest BCUT2D eigenvalue weighted by Gasteiger charge is 2.07. The van der Waals surface area contributed by atoms with Gasteiger partial charge in [-0.25, -0.2) is 4.79 Å². The highest BCUT2D eigenvalue weighted by molar-refractivity contribution is 9.10. The molecule has 0 amide bonds. The van der Waals surface area contributed by atoms with E-state index in [0.29, 0.717) is 10.2 Å². The van der Waals surface area contributed by atoms with E-state index in [4.69, 9.17) is 10.9 Å². The molecule has 0 atom stereocenters. The van der Waals surface area contributed by atoms with Crippen LogP contribution in [0.2, 0.25) is 0 Å². The topological polar surface area (TPSA) is 75.3 Å². The Hall–Kier alpha value is -1.07. The zero-order chi connectivity index (χ0) is 9.14. The Labute approximate surface area is 77.5 Å². The molecule has 64 valence electrons. The minimum atomic E-state index is -0.967. The molecule has 0 aliphatic rings. The molecule has 12 heavy (non-hydrogen) atoms. The molecule has 0 unspecified atom stereocenters. The number of nitrogen functional groups attached to an aromatic ring is 1. The van der Waals surface area contributed by atoms with Crippen LogP contribution in [0.3, 0.4) is 0 Å². The van der Waals surface area contributed by atoms with Crippen LogP contribution in [0.15, 0.2) is 22.7 Å². The van der Waals surface area contributed by atoms with Gasteiger partial charge in [-0.1, -0.05) is 0 Å². The summed E-state index contributed by atoms with van der Waals surface area (Å²) < 4.78 is 0.505. The molecule has 1 rings (SSSR count). The average molecular weight is 231 g/mol. The van der Waals surface area contributed by atoms with Crippen LogP contribution in [0.4, 0.5) is 5.69 Å². The van der Waals surface area contributed by atoms with Gasteiger partial charge >= 0.3 is 5.97 Å². The van der Waals surface area contributed by atoms with E-state index in [9.17, 15) is 4.79 Å². The first-order valence-corrected chi connectivity index (χ1v) is 3.94. The van der Waals surface area contributed by atoms with E-state index in [0.717, 1.165) is 0 Å². The molecular formula is C7H7BrN2O2. The summed E-state index contributed by atoms with van der Waals surface area (Å²) >= 11 is 3.11. The molecule has 5 heteroatoms. The Bertz CT molecular complexity index is 314. The first kappa shape index (κ1) is 9.02. The Morgan fingerprint density at radius 2 is 2.25 bits per heavy atom. The number of hydrogen-bond acceptors (Lipinski definition) is 3. The normalized spacial score (nSPS) is 9.50. The molecule has 0 radical (unpaired) electrons. The van der Waals surface area contributed by atoms with Gasteiger partial charge in [0, 0.05) is 10.2 Å². The van der Waals surface area contributed by atoms with Gasteiger partial charge in [-0.15, -0.1) is 0 Å². The Kier molecular flexibility index (Phi) is 2.67. The van der Waals surface area contributed by atoms with E-state index in [-0.39, 0.29) is 5.56 Å². The number of hydrazine groups is 1. The molecule has 0 saturated carbocycles. The van der Waals surface area contributed by atoms with Crippen molar-refractivity contribution >= 4 is 27.6 Å². The molecule has 4 N–H and O–H groups in total. The van der Waals surface area contributed by atoms with Crippen LogP contribution in [-0.4, -0.2) is 11.1 Å². The number of rotatable bonds is 2. The number of benzene rings is 1. The fourth-order valence-electron chi connectivity index (χ4n) is 0.778. The number of anilines is 1. The zero-order valence-electron chi connectivity index (χ0n) is 6.04. The number of carboxylic acids is 1. The number of halogens is 1. The second kappa shape index (κ2) is 3.55. The van der Waals surface area contributed by atoms with Gasteiger partial charge in [0.15, 0.2) is 0 Å². The fraction of sp³-hybridized carbons (Fsp3) is 0. The fourth-order valence-corrected chi connectivity index (χ4v) is 1.33. The molecule has 1 aromatic rings. The maximum absolute atomic E-state index is 10.5. The van der Waals surface area contributed by atoms with Gasteiger partial charge in [-0.05, 0) is 34.1 Å². The standard InChI is InChI=1S/C7H7BrN2O2/c8-6-3-4(10-9)1-2-5(6)7(11)12/h1-3,10H,9H2,(H,11,12). The third-order valence-electron chi connectivity index (χ3n) is 1.37. The summed E-state index contributed by atoms with van der Waals surface area (Å²) in [6.45, 7) is 0. The van der Waals surface area contributed by atoms with Crippen molar-refractivity contribution in [2.75, 3.05) is 5.43 Å². The monoisotopic (exact) mass is 230 g/mol. The number of aromatic carboxylic acids is 1.